The number of aryl methyl sites for hydroxylation is 2. The monoisotopic (exact) mass is 295 g/mol. The molecule has 22 heavy (non-hydrogen) atoms. The summed E-state index contributed by atoms with van der Waals surface area (Å²) in [6, 6.07) is 10.3. The Balaban J connectivity index is 2.21. The fourth-order valence-electron chi connectivity index (χ4n) is 2.83. The van der Waals surface area contributed by atoms with E-state index < -0.39 is 0 Å². The van der Waals surface area contributed by atoms with Crippen molar-refractivity contribution < 1.29 is 4.74 Å². The molecule has 2 aromatic heterocycles. The highest BCUT2D eigenvalue weighted by Crippen LogP contribution is 2.29. The second-order valence-corrected chi connectivity index (χ2v) is 5.56. The zero-order chi connectivity index (χ0) is 15.7. The van der Waals surface area contributed by atoms with Gasteiger partial charge in [0.1, 0.15) is 11.4 Å². The molecular weight excluding hydrogens is 274 g/mol. The van der Waals surface area contributed by atoms with Crippen molar-refractivity contribution in [3.05, 3.63) is 53.3 Å². The highest BCUT2D eigenvalue weighted by Gasteiger charge is 2.14. The number of rotatable bonds is 4. The fraction of sp³-hybridized carbons (Fsp3) is 0.278. The Kier molecular flexibility index (Phi) is 3.86. The summed E-state index contributed by atoms with van der Waals surface area (Å²) in [5, 5.41) is 0. The number of ether oxygens (including phenoxy) is 1. The Bertz CT molecular complexity index is 821. The van der Waals surface area contributed by atoms with E-state index in [1.54, 1.807) is 7.11 Å². The van der Waals surface area contributed by atoms with Crippen molar-refractivity contribution in [2.45, 2.75) is 20.3 Å². The minimum absolute atomic E-state index is 0.601. The molecule has 4 heteroatoms. The lowest BCUT2D eigenvalue weighted by molar-refractivity contribution is 0.412. The van der Waals surface area contributed by atoms with Crippen molar-refractivity contribution in [2.75, 3.05) is 13.7 Å². The molecule has 2 heterocycles. The third-order valence-corrected chi connectivity index (χ3v) is 3.91. The Morgan fingerprint density at radius 3 is 2.68 bits per heavy atom. The van der Waals surface area contributed by atoms with Crippen molar-refractivity contribution in [3.8, 4) is 17.0 Å². The molecule has 0 aliphatic carbocycles. The summed E-state index contributed by atoms with van der Waals surface area (Å²) in [7, 11) is 1.69. The summed E-state index contributed by atoms with van der Waals surface area (Å²) in [5.74, 6) is 0.892. The second-order valence-electron chi connectivity index (χ2n) is 5.56. The van der Waals surface area contributed by atoms with E-state index in [4.69, 9.17) is 15.5 Å². The van der Waals surface area contributed by atoms with Crippen LogP contribution in [-0.4, -0.2) is 23.0 Å². The molecule has 0 unspecified atom stereocenters. The molecule has 0 radical (unpaired) electrons. The molecule has 0 aliphatic rings. The Labute approximate surface area is 130 Å². The topological polar surface area (TPSA) is 52.5 Å². The van der Waals surface area contributed by atoms with E-state index in [0.29, 0.717) is 6.54 Å². The number of imidazole rings is 1. The summed E-state index contributed by atoms with van der Waals surface area (Å²) >= 11 is 0. The number of pyridine rings is 1. The molecule has 0 spiro atoms. The standard InChI is InChI=1S/C18H21N3O/c1-12-4-7-17-20-18(15(8-9-19)21(17)11-12)14-5-6-16(22-3)13(2)10-14/h4-7,10-11H,8-9,19H2,1-3H3. The average molecular weight is 295 g/mol. The summed E-state index contributed by atoms with van der Waals surface area (Å²) in [6.07, 6.45) is 2.91. The molecule has 114 valence electrons. The molecule has 2 N–H and O–H groups in total. The van der Waals surface area contributed by atoms with Gasteiger partial charge in [0.2, 0.25) is 0 Å². The van der Waals surface area contributed by atoms with E-state index in [1.807, 2.05) is 13.0 Å². The van der Waals surface area contributed by atoms with Gasteiger partial charge in [-0.2, -0.15) is 0 Å². The van der Waals surface area contributed by atoms with Gasteiger partial charge in [-0.1, -0.05) is 6.07 Å². The molecule has 0 saturated heterocycles. The molecule has 0 bridgehead atoms. The third kappa shape index (κ3) is 2.46. The third-order valence-electron chi connectivity index (χ3n) is 3.91. The fourth-order valence-corrected chi connectivity index (χ4v) is 2.83. The van der Waals surface area contributed by atoms with Crippen LogP contribution in [0.25, 0.3) is 16.9 Å². The minimum atomic E-state index is 0.601. The van der Waals surface area contributed by atoms with Crippen LogP contribution in [0.2, 0.25) is 0 Å². The first kappa shape index (κ1) is 14.6. The molecular formula is C18H21N3O. The molecule has 0 atom stereocenters. The van der Waals surface area contributed by atoms with Gasteiger partial charge >= 0.3 is 0 Å². The summed E-state index contributed by atoms with van der Waals surface area (Å²) < 4.78 is 7.49. The van der Waals surface area contributed by atoms with Gasteiger partial charge in [-0.25, -0.2) is 4.98 Å². The number of nitrogens with two attached hydrogens (primary N) is 1. The van der Waals surface area contributed by atoms with Crippen molar-refractivity contribution in [1.29, 1.82) is 0 Å². The van der Waals surface area contributed by atoms with Crippen LogP contribution in [0.15, 0.2) is 36.5 Å². The first-order valence-corrected chi connectivity index (χ1v) is 7.46. The van der Waals surface area contributed by atoms with Crippen LogP contribution < -0.4 is 10.5 Å². The predicted octanol–water partition coefficient (Wildman–Crippen LogP) is 3.13. The van der Waals surface area contributed by atoms with Crippen LogP contribution in [0.3, 0.4) is 0 Å². The van der Waals surface area contributed by atoms with Gasteiger partial charge in [-0.3, -0.25) is 0 Å². The van der Waals surface area contributed by atoms with Gasteiger partial charge < -0.3 is 14.9 Å². The van der Waals surface area contributed by atoms with E-state index in [2.05, 4.69) is 41.8 Å². The lowest BCUT2D eigenvalue weighted by Crippen LogP contribution is -2.06. The molecule has 3 aromatic rings. The Morgan fingerprint density at radius 1 is 1.18 bits per heavy atom. The number of benzene rings is 1. The highest BCUT2D eigenvalue weighted by atomic mass is 16.5. The number of nitrogens with zero attached hydrogens (tertiary/aromatic N) is 2. The van der Waals surface area contributed by atoms with E-state index in [9.17, 15) is 0 Å². The largest absolute Gasteiger partial charge is 0.496 e. The van der Waals surface area contributed by atoms with Gasteiger partial charge in [-0.05, 0) is 55.8 Å². The summed E-state index contributed by atoms with van der Waals surface area (Å²) in [4.78, 5) is 4.81. The van der Waals surface area contributed by atoms with Crippen LogP contribution in [0, 0.1) is 13.8 Å². The molecule has 0 amide bonds. The molecule has 0 fully saturated rings. The van der Waals surface area contributed by atoms with Crippen LogP contribution >= 0.6 is 0 Å². The van der Waals surface area contributed by atoms with Crippen molar-refractivity contribution in [2.24, 2.45) is 5.73 Å². The van der Waals surface area contributed by atoms with E-state index in [-0.39, 0.29) is 0 Å². The zero-order valence-corrected chi connectivity index (χ0v) is 13.3. The average Bonchev–Trinajstić information content (AvgIpc) is 2.86. The van der Waals surface area contributed by atoms with Crippen LogP contribution in [0.1, 0.15) is 16.8 Å². The second kappa shape index (κ2) is 5.81. The highest BCUT2D eigenvalue weighted by molar-refractivity contribution is 5.68. The molecule has 0 aliphatic heterocycles. The van der Waals surface area contributed by atoms with Crippen molar-refractivity contribution in [1.82, 2.24) is 9.38 Å². The van der Waals surface area contributed by atoms with E-state index in [1.165, 1.54) is 5.56 Å². The number of fused-ring (bicyclic) bond motifs is 1. The Hall–Kier alpha value is -2.33. The summed E-state index contributed by atoms with van der Waals surface area (Å²) in [6.45, 7) is 4.73. The molecule has 4 nitrogen and oxygen atoms in total. The predicted molar refractivity (Wildman–Crippen MR) is 89.4 cm³/mol. The van der Waals surface area contributed by atoms with Crippen molar-refractivity contribution in [3.63, 3.8) is 0 Å². The maximum Gasteiger partial charge on any atom is 0.137 e. The maximum atomic E-state index is 5.81. The van der Waals surface area contributed by atoms with Gasteiger partial charge in [0, 0.05) is 18.2 Å². The first-order chi connectivity index (χ1) is 10.6. The zero-order valence-electron chi connectivity index (χ0n) is 13.3. The maximum absolute atomic E-state index is 5.81. The first-order valence-electron chi connectivity index (χ1n) is 7.46. The minimum Gasteiger partial charge on any atom is -0.496 e. The number of hydrogen-bond donors (Lipinski definition) is 1. The molecule has 0 saturated carbocycles. The molecule has 1 aromatic carbocycles. The van der Waals surface area contributed by atoms with Gasteiger partial charge in [0.05, 0.1) is 18.5 Å². The van der Waals surface area contributed by atoms with Gasteiger partial charge in [0.15, 0.2) is 0 Å². The summed E-state index contributed by atoms with van der Waals surface area (Å²) in [5.41, 5.74) is 12.3. The lowest BCUT2D eigenvalue weighted by Gasteiger charge is -2.08. The van der Waals surface area contributed by atoms with Crippen LogP contribution in [-0.2, 0) is 6.42 Å². The van der Waals surface area contributed by atoms with Crippen LogP contribution in [0.4, 0.5) is 0 Å². The number of hydrogen-bond acceptors (Lipinski definition) is 3. The number of methoxy groups -OCH3 is 1. The Morgan fingerprint density at radius 2 is 2.00 bits per heavy atom. The van der Waals surface area contributed by atoms with Crippen molar-refractivity contribution >= 4 is 5.65 Å². The van der Waals surface area contributed by atoms with E-state index in [0.717, 1.165) is 40.3 Å². The normalized spacial score (nSPS) is 11.1. The number of aromatic nitrogens is 2. The smallest absolute Gasteiger partial charge is 0.137 e. The molecule has 3 rings (SSSR count). The van der Waals surface area contributed by atoms with Crippen LogP contribution in [0.5, 0.6) is 5.75 Å². The SMILES string of the molecule is COc1ccc(-c2nc3ccc(C)cn3c2CCN)cc1C. The van der Waals surface area contributed by atoms with Gasteiger partial charge in [0.25, 0.3) is 0 Å². The van der Waals surface area contributed by atoms with Gasteiger partial charge in [-0.15, -0.1) is 0 Å². The quantitative estimate of drug-likeness (QED) is 0.804. The van der Waals surface area contributed by atoms with E-state index >= 15 is 0 Å². The lowest BCUT2D eigenvalue weighted by atomic mass is 10.1.